The first-order valence-corrected chi connectivity index (χ1v) is 14.4. The molecule has 5 rings (SSSR count). The fourth-order valence-corrected chi connectivity index (χ4v) is 6.88. The maximum atomic E-state index is 15.9. The number of pyridine rings is 1. The lowest BCUT2D eigenvalue weighted by Gasteiger charge is -2.25. The Hall–Kier alpha value is -3.63. The first-order valence-electron chi connectivity index (χ1n) is 13.4. The van der Waals surface area contributed by atoms with E-state index in [1.807, 2.05) is 30.3 Å². The standard InChI is InChI=1S/C32H29F5N2O2S/c1-17(2)41-26-14-7-11-20(28(26)34)27-18(3)21(15-22-23(32(35,36)37)12-8-13-24(22)33)31-39(30(27)40)25(16-42-31)29(38)19-9-5-4-6-10-19/h4-14,17,25,29H,15-16,38H2,1-3H3. The van der Waals surface area contributed by atoms with Crippen LogP contribution in [0.1, 0.15) is 53.7 Å². The van der Waals surface area contributed by atoms with Crippen molar-refractivity contribution in [2.45, 2.75) is 56.6 Å². The summed E-state index contributed by atoms with van der Waals surface area (Å²) in [6.07, 6.45) is -5.61. The highest BCUT2D eigenvalue weighted by atomic mass is 32.2. The second-order valence-corrected chi connectivity index (χ2v) is 11.5. The molecule has 0 fully saturated rings. The molecule has 0 aliphatic carbocycles. The smallest absolute Gasteiger partial charge is 0.416 e. The first kappa shape index (κ1) is 29.8. The minimum atomic E-state index is -4.80. The van der Waals surface area contributed by atoms with Gasteiger partial charge in [0.05, 0.1) is 34.3 Å². The number of aromatic nitrogens is 1. The number of ether oxygens (including phenoxy) is 1. The van der Waals surface area contributed by atoms with Gasteiger partial charge in [-0.05, 0) is 55.7 Å². The Morgan fingerprint density at radius 2 is 1.69 bits per heavy atom. The number of hydrogen-bond acceptors (Lipinski definition) is 4. The predicted octanol–water partition coefficient (Wildman–Crippen LogP) is 7.85. The number of alkyl halides is 3. The highest BCUT2D eigenvalue weighted by molar-refractivity contribution is 7.99. The molecular weight excluding hydrogens is 571 g/mol. The van der Waals surface area contributed by atoms with E-state index in [2.05, 4.69) is 0 Å². The average Bonchev–Trinajstić information content (AvgIpc) is 3.38. The van der Waals surface area contributed by atoms with Crippen LogP contribution in [0.4, 0.5) is 22.0 Å². The van der Waals surface area contributed by atoms with E-state index >= 15 is 8.78 Å². The van der Waals surface area contributed by atoms with Gasteiger partial charge in [-0.3, -0.25) is 9.36 Å². The quantitative estimate of drug-likeness (QED) is 0.220. The third-order valence-electron chi connectivity index (χ3n) is 7.43. The van der Waals surface area contributed by atoms with Crippen molar-refractivity contribution >= 4 is 11.8 Å². The van der Waals surface area contributed by atoms with Crippen LogP contribution < -0.4 is 16.0 Å². The van der Waals surface area contributed by atoms with E-state index in [9.17, 15) is 18.0 Å². The van der Waals surface area contributed by atoms with E-state index < -0.39 is 53.0 Å². The van der Waals surface area contributed by atoms with Crippen LogP contribution in [-0.4, -0.2) is 16.4 Å². The Balaban J connectivity index is 1.78. The van der Waals surface area contributed by atoms with Crippen molar-refractivity contribution in [1.82, 2.24) is 4.57 Å². The van der Waals surface area contributed by atoms with Crippen molar-refractivity contribution in [3.63, 3.8) is 0 Å². The molecule has 1 aliphatic rings. The Bertz CT molecular complexity index is 1690. The molecule has 10 heteroatoms. The van der Waals surface area contributed by atoms with Gasteiger partial charge >= 0.3 is 6.18 Å². The van der Waals surface area contributed by atoms with E-state index in [0.29, 0.717) is 16.3 Å². The van der Waals surface area contributed by atoms with Crippen molar-refractivity contribution in [2.75, 3.05) is 5.75 Å². The summed E-state index contributed by atoms with van der Waals surface area (Å²) >= 11 is 1.27. The van der Waals surface area contributed by atoms with E-state index in [-0.39, 0.29) is 28.5 Å². The molecule has 0 bridgehead atoms. The number of rotatable bonds is 7. The maximum absolute atomic E-state index is 15.9. The third-order valence-corrected chi connectivity index (χ3v) is 8.66. The summed E-state index contributed by atoms with van der Waals surface area (Å²) < 4.78 is 79.9. The zero-order valence-electron chi connectivity index (χ0n) is 23.1. The molecule has 4 nitrogen and oxygen atoms in total. The molecule has 0 spiro atoms. The molecule has 4 aromatic rings. The second kappa shape index (κ2) is 11.6. The highest BCUT2D eigenvalue weighted by Crippen LogP contribution is 2.44. The van der Waals surface area contributed by atoms with Crippen LogP contribution >= 0.6 is 11.8 Å². The van der Waals surface area contributed by atoms with Gasteiger partial charge in [0.2, 0.25) is 0 Å². The van der Waals surface area contributed by atoms with E-state index in [1.165, 1.54) is 28.5 Å². The van der Waals surface area contributed by atoms with Gasteiger partial charge in [0.25, 0.3) is 5.56 Å². The molecule has 3 aromatic carbocycles. The molecule has 1 aromatic heterocycles. The number of hydrogen-bond donors (Lipinski definition) is 1. The predicted molar refractivity (Wildman–Crippen MR) is 154 cm³/mol. The molecule has 0 saturated heterocycles. The van der Waals surface area contributed by atoms with Crippen molar-refractivity contribution in [3.8, 4) is 16.9 Å². The summed E-state index contributed by atoms with van der Waals surface area (Å²) in [6.45, 7) is 5.03. The lowest BCUT2D eigenvalue weighted by atomic mass is 9.91. The molecule has 2 heterocycles. The zero-order chi connectivity index (χ0) is 30.3. The minimum Gasteiger partial charge on any atom is -0.488 e. The number of halogens is 5. The number of nitrogens with two attached hydrogens (primary N) is 1. The normalized spacial score (nSPS) is 15.6. The van der Waals surface area contributed by atoms with Crippen LogP contribution in [0.3, 0.4) is 0 Å². The van der Waals surface area contributed by atoms with Crippen LogP contribution in [0.15, 0.2) is 76.6 Å². The number of thioether (sulfide) groups is 1. The Morgan fingerprint density at radius 1 is 1.00 bits per heavy atom. The van der Waals surface area contributed by atoms with Gasteiger partial charge in [-0.15, -0.1) is 11.8 Å². The van der Waals surface area contributed by atoms with E-state index in [1.54, 1.807) is 26.8 Å². The van der Waals surface area contributed by atoms with Crippen LogP contribution in [-0.2, 0) is 12.6 Å². The molecule has 220 valence electrons. The zero-order valence-corrected chi connectivity index (χ0v) is 24.0. The van der Waals surface area contributed by atoms with Gasteiger partial charge in [0, 0.05) is 23.3 Å². The van der Waals surface area contributed by atoms with Crippen molar-refractivity contribution in [2.24, 2.45) is 5.73 Å². The Labute approximate surface area is 244 Å². The maximum Gasteiger partial charge on any atom is 0.416 e. The number of benzene rings is 3. The largest absolute Gasteiger partial charge is 0.488 e. The Kier molecular flexibility index (Phi) is 8.22. The minimum absolute atomic E-state index is 0.0295. The lowest BCUT2D eigenvalue weighted by Crippen LogP contribution is -2.33. The second-order valence-electron chi connectivity index (χ2n) is 10.5. The van der Waals surface area contributed by atoms with Gasteiger partial charge in [0.15, 0.2) is 11.6 Å². The molecular formula is C32H29F5N2O2S. The summed E-state index contributed by atoms with van der Waals surface area (Å²) in [5.41, 5.74) is 5.72. The summed E-state index contributed by atoms with van der Waals surface area (Å²) in [6, 6.07) is 15.2. The molecule has 0 radical (unpaired) electrons. The van der Waals surface area contributed by atoms with Gasteiger partial charge in [-0.2, -0.15) is 13.2 Å². The summed E-state index contributed by atoms with van der Waals surface area (Å²) in [4.78, 5) is 14.2. The van der Waals surface area contributed by atoms with E-state index in [0.717, 1.165) is 23.8 Å². The average molecular weight is 601 g/mol. The van der Waals surface area contributed by atoms with Crippen molar-refractivity contribution in [1.29, 1.82) is 0 Å². The third kappa shape index (κ3) is 5.45. The van der Waals surface area contributed by atoms with Crippen LogP contribution in [0, 0.1) is 18.6 Å². The fraction of sp³-hybridized carbons (Fsp3) is 0.281. The first-order chi connectivity index (χ1) is 19.9. The molecule has 0 amide bonds. The monoisotopic (exact) mass is 600 g/mol. The topological polar surface area (TPSA) is 57.2 Å². The Morgan fingerprint density at radius 3 is 2.36 bits per heavy atom. The summed E-state index contributed by atoms with van der Waals surface area (Å²) in [5.74, 6) is -1.50. The molecule has 2 N–H and O–H groups in total. The van der Waals surface area contributed by atoms with Crippen LogP contribution in [0.25, 0.3) is 11.1 Å². The molecule has 2 atom stereocenters. The number of fused-ring (bicyclic) bond motifs is 1. The molecule has 42 heavy (non-hydrogen) atoms. The highest BCUT2D eigenvalue weighted by Gasteiger charge is 2.38. The molecule has 1 aliphatic heterocycles. The lowest BCUT2D eigenvalue weighted by molar-refractivity contribution is -0.138. The van der Waals surface area contributed by atoms with Crippen molar-refractivity contribution < 1.29 is 26.7 Å². The van der Waals surface area contributed by atoms with E-state index in [4.69, 9.17) is 10.5 Å². The molecule has 0 saturated carbocycles. The summed E-state index contributed by atoms with van der Waals surface area (Å²) in [7, 11) is 0. The van der Waals surface area contributed by atoms with Gasteiger partial charge in [-0.25, -0.2) is 8.78 Å². The van der Waals surface area contributed by atoms with Gasteiger partial charge < -0.3 is 10.5 Å². The van der Waals surface area contributed by atoms with Crippen LogP contribution in [0.5, 0.6) is 5.75 Å². The van der Waals surface area contributed by atoms with Crippen molar-refractivity contribution in [3.05, 3.63) is 117 Å². The molecule has 2 unspecified atom stereocenters. The SMILES string of the molecule is Cc1c(Cc2c(F)cccc2C(F)(F)F)c2n(c(=O)c1-c1cccc(OC(C)C)c1F)C(C(N)c1ccccc1)CS2. The van der Waals surface area contributed by atoms with Crippen LogP contribution in [0.2, 0.25) is 0 Å². The van der Waals surface area contributed by atoms with Gasteiger partial charge in [-0.1, -0.05) is 48.5 Å². The number of nitrogens with zero attached hydrogens (tertiary/aromatic N) is 1. The summed E-state index contributed by atoms with van der Waals surface area (Å²) in [5, 5.41) is 0.393. The van der Waals surface area contributed by atoms with Gasteiger partial charge in [0.1, 0.15) is 5.82 Å². The fourth-order valence-electron chi connectivity index (χ4n) is 5.44.